The summed E-state index contributed by atoms with van der Waals surface area (Å²) in [5.74, 6) is 1.95. The molecule has 0 aliphatic carbocycles. The van der Waals surface area contributed by atoms with Gasteiger partial charge in [0.2, 0.25) is 5.91 Å². The van der Waals surface area contributed by atoms with Gasteiger partial charge in [0.05, 0.1) is 24.5 Å². The Morgan fingerprint density at radius 2 is 1.97 bits per heavy atom. The normalized spacial score (nSPS) is 19.5. The Morgan fingerprint density at radius 3 is 2.63 bits per heavy atom. The van der Waals surface area contributed by atoms with Crippen LogP contribution in [0.25, 0.3) is 0 Å². The van der Waals surface area contributed by atoms with Crippen molar-refractivity contribution in [2.24, 2.45) is 7.05 Å². The minimum Gasteiger partial charge on any atom is -0.357 e. The van der Waals surface area contributed by atoms with E-state index in [0.29, 0.717) is 6.54 Å². The van der Waals surface area contributed by atoms with Crippen LogP contribution < -0.4 is 15.5 Å². The minimum atomic E-state index is -0.0198. The molecule has 1 unspecified atom stereocenters. The molecule has 166 valence electrons. The average Bonchev–Trinajstić information content (AvgIpc) is 3.15. The summed E-state index contributed by atoms with van der Waals surface area (Å²) in [5, 5.41) is 6.39. The van der Waals surface area contributed by atoms with Crippen LogP contribution in [0.3, 0.4) is 0 Å². The fourth-order valence-corrected chi connectivity index (χ4v) is 4.04. The number of hydrogen-bond donors (Lipinski definition) is 2. The van der Waals surface area contributed by atoms with Crippen LogP contribution in [-0.4, -0.2) is 64.6 Å². The smallest absolute Gasteiger partial charge is 0.238 e. The van der Waals surface area contributed by atoms with Crippen molar-refractivity contribution in [1.29, 1.82) is 0 Å². The van der Waals surface area contributed by atoms with Gasteiger partial charge in [-0.25, -0.2) is 9.97 Å². The third-order valence-electron chi connectivity index (χ3n) is 5.57. The molecule has 0 aromatic carbocycles. The zero-order valence-electron chi connectivity index (χ0n) is 17.3. The maximum atomic E-state index is 12.6. The molecule has 30 heavy (non-hydrogen) atoms. The highest BCUT2D eigenvalue weighted by atomic mass is 35.5. The number of piperidine rings is 1. The number of pyridine rings is 1. The van der Waals surface area contributed by atoms with E-state index >= 15 is 0 Å². The van der Waals surface area contributed by atoms with Crippen molar-refractivity contribution < 1.29 is 4.79 Å². The number of carbonyl (C=O) groups excluding carboxylic acids is 1. The Labute approximate surface area is 190 Å². The number of nitrogens with zero attached hydrogens (tertiary/aromatic N) is 5. The van der Waals surface area contributed by atoms with Crippen LogP contribution in [0.4, 0.5) is 11.5 Å². The summed E-state index contributed by atoms with van der Waals surface area (Å²) >= 11 is 0. The van der Waals surface area contributed by atoms with Gasteiger partial charge in [0.15, 0.2) is 0 Å². The van der Waals surface area contributed by atoms with Crippen molar-refractivity contribution in [3.63, 3.8) is 0 Å². The van der Waals surface area contributed by atoms with E-state index < -0.39 is 0 Å². The van der Waals surface area contributed by atoms with E-state index in [2.05, 4.69) is 30.4 Å². The topological polar surface area (TPSA) is 78.3 Å². The number of hydrogen-bond acceptors (Lipinski definition) is 6. The number of imidazole rings is 1. The zero-order valence-corrected chi connectivity index (χ0v) is 18.9. The first kappa shape index (κ1) is 24.4. The zero-order chi connectivity index (χ0) is 19.3. The Bertz CT molecular complexity index is 793. The van der Waals surface area contributed by atoms with E-state index in [4.69, 9.17) is 0 Å². The van der Waals surface area contributed by atoms with E-state index in [9.17, 15) is 4.79 Å². The van der Waals surface area contributed by atoms with Gasteiger partial charge in [0.1, 0.15) is 11.6 Å². The second-order valence-electron chi connectivity index (χ2n) is 7.59. The lowest BCUT2D eigenvalue weighted by molar-refractivity contribution is -0.118. The fourth-order valence-electron chi connectivity index (χ4n) is 4.04. The van der Waals surface area contributed by atoms with Crippen LogP contribution in [0.1, 0.15) is 31.1 Å². The lowest BCUT2D eigenvalue weighted by atomic mass is 10.1. The molecule has 0 radical (unpaired) electrons. The van der Waals surface area contributed by atoms with Gasteiger partial charge in [0, 0.05) is 52.2 Å². The number of halogens is 2. The van der Waals surface area contributed by atoms with Crippen LogP contribution in [0.15, 0.2) is 30.7 Å². The molecule has 2 aromatic rings. The van der Waals surface area contributed by atoms with E-state index in [1.165, 1.54) is 19.3 Å². The number of amides is 1. The molecule has 1 amide bonds. The van der Waals surface area contributed by atoms with Crippen LogP contribution in [0.5, 0.6) is 0 Å². The predicted molar refractivity (Wildman–Crippen MR) is 124 cm³/mol. The van der Waals surface area contributed by atoms with Crippen molar-refractivity contribution in [3.8, 4) is 0 Å². The number of anilines is 2. The Kier molecular flexibility index (Phi) is 9.36. The van der Waals surface area contributed by atoms with Gasteiger partial charge >= 0.3 is 0 Å². The van der Waals surface area contributed by atoms with Crippen molar-refractivity contribution in [2.45, 2.75) is 25.3 Å². The van der Waals surface area contributed by atoms with Gasteiger partial charge in [-0.2, -0.15) is 0 Å². The summed E-state index contributed by atoms with van der Waals surface area (Å²) < 4.78 is 2.02. The first-order valence-electron chi connectivity index (χ1n) is 10.1. The molecule has 4 heterocycles. The summed E-state index contributed by atoms with van der Waals surface area (Å²) in [7, 11) is 1.99. The SMILES string of the molecule is Cl.Cl.Cn1ccnc1C1CNCCN1CC(=O)Nc1ccc(N2CCCCC2)nc1. The van der Waals surface area contributed by atoms with E-state index in [-0.39, 0.29) is 36.8 Å². The van der Waals surface area contributed by atoms with Crippen LogP contribution in [0, 0.1) is 0 Å². The average molecular weight is 456 g/mol. The number of rotatable bonds is 5. The van der Waals surface area contributed by atoms with Gasteiger partial charge < -0.3 is 20.1 Å². The first-order valence-corrected chi connectivity index (χ1v) is 10.1. The first-order chi connectivity index (χ1) is 13.7. The third-order valence-corrected chi connectivity index (χ3v) is 5.57. The molecule has 2 N–H and O–H groups in total. The summed E-state index contributed by atoms with van der Waals surface area (Å²) in [4.78, 5) is 26.1. The van der Waals surface area contributed by atoms with E-state index in [1.54, 1.807) is 12.4 Å². The van der Waals surface area contributed by atoms with Gasteiger partial charge in [0.25, 0.3) is 0 Å². The third kappa shape index (κ3) is 5.85. The van der Waals surface area contributed by atoms with Gasteiger partial charge in [-0.05, 0) is 31.4 Å². The molecule has 2 fully saturated rings. The summed E-state index contributed by atoms with van der Waals surface area (Å²) in [6.07, 6.45) is 9.26. The molecule has 1 atom stereocenters. The fraction of sp³-hybridized carbons (Fsp3) is 0.550. The highest BCUT2D eigenvalue weighted by Gasteiger charge is 2.28. The van der Waals surface area contributed by atoms with Crippen LogP contribution in [-0.2, 0) is 11.8 Å². The standard InChI is InChI=1S/C20H29N7O.2ClH/c1-25-11-8-22-20(25)17-14-21-7-12-27(17)15-19(28)24-16-5-6-18(23-13-16)26-9-3-2-4-10-26;;/h5-6,8,11,13,17,21H,2-4,7,9-10,12,14-15H2,1H3,(H,24,28);2*1H. The van der Waals surface area contributed by atoms with E-state index in [0.717, 1.165) is 50.1 Å². The van der Waals surface area contributed by atoms with Gasteiger partial charge in [-0.3, -0.25) is 9.69 Å². The van der Waals surface area contributed by atoms with Crippen molar-refractivity contribution in [1.82, 2.24) is 24.8 Å². The monoisotopic (exact) mass is 455 g/mol. The lowest BCUT2D eigenvalue weighted by Gasteiger charge is -2.35. The molecule has 0 spiro atoms. The molecular weight excluding hydrogens is 425 g/mol. The Balaban J connectivity index is 0.00000160. The van der Waals surface area contributed by atoms with Crippen molar-refractivity contribution in [2.75, 3.05) is 49.5 Å². The summed E-state index contributed by atoms with van der Waals surface area (Å²) in [5.41, 5.74) is 0.745. The molecule has 2 saturated heterocycles. The van der Waals surface area contributed by atoms with E-state index in [1.807, 2.05) is 29.9 Å². The minimum absolute atomic E-state index is 0. The summed E-state index contributed by atoms with van der Waals surface area (Å²) in [6, 6.07) is 4.05. The van der Waals surface area contributed by atoms with Crippen LogP contribution in [0.2, 0.25) is 0 Å². The molecule has 2 aromatic heterocycles. The highest BCUT2D eigenvalue weighted by Crippen LogP contribution is 2.21. The Hall–Kier alpha value is -1.87. The number of carbonyl (C=O) groups is 1. The van der Waals surface area contributed by atoms with Crippen molar-refractivity contribution in [3.05, 3.63) is 36.5 Å². The van der Waals surface area contributed by atoms with Gasteiger partial charge in [-0.1, -0.05) is 0 Å². The molecule has 2 aliphatic heterocycles. The number of nitrogens with one attached hydrogen (secondary N) is 2. The molecular formula is C20H31Cl2N7O. The number of piperazine rings is 1. The molecule has 2 aliphatic rings. The molecule has 0 bridgehead atoms. The second-order valence-corrected chi connectivity index (χ2v) is 7.59. The predicted octanol–water partition coefficient (Wildman–Crippen LogP) is 2.23. The van der Waals surface area contributed by atoms with Crippen molar-refractivity contribution >= 4 is 42.2 Å². The number of aromatic nitrogens is 3. The quantitative estimate of drug-likeness (QED) is 0.719. The largest absolute Gasteiger partial charge is 0.357 e. The molecule has 8 nitrogen and oxygen atoms in total. The van der Waals surface area contributed by atoms with Gasteiger partial charge in [-0.15, -0.1) is 24.8 Å². The molecule has 0 saturated carbocycles. The molecule has 10 heteroatoms. The second kappa shape index (κ2) is 11.5. The highest BCUT2D eigenvalue weighted by molar-refractivity contribution is 5.92. The maximum Gasteiger partial charge on any atom is 0.238 e. The summed E-state index contributed by atoms with van der Waals surface area (Å²) in [6.45, 7) is 4.96. The Morgan fingerprint density at radius 1 is 1.17 bits per heavy atom. The lowest BCUT2D eigenvalue weighted by Crippen LogP contribution is -2.49. The molecule has 4 rings (SSSR count). The van der Waals surface area contributed by atoms with Crippen LogP contribution >= 0.6 is 24.8 Å². The number of aryl methyl sites for hydroxylation is 1. The maximum absolute atomic E-state index is 12.6.